The molecule has 34 heavy (non-hydrogen) atoms. The van der Waals surface area contributed by atoms with E-state index in [1.54, 1.807) is 0 Å². The summed E-state index contributed by atoms with van der Waals surface area (Å²) in [7, 11) is 0. The zero-order chi connectivity index (χ0) is 22.5. The molecule has 0 saturated carbocycles. The van der Waals surface area contributed by atoms with E-state index in [1.165, 1.54) is 39.1 Å². The molecule has 0 N–H and O–H groups in total. The van der Waals surface area contributed by atoms with Crippen LogP contribution in [0.25, 0.3) is 22.7 Å². The maximum Gasteiger partial charge on any atom is 0.114 e. The first-order valence-corrected chi connectivity index (χ1v) is 12.0. The molecule has 0 amide bonds. The van der Waals surface area contributed by atoms with Gasteiger partial charge in [-0.15, -0.1) is 0 Å². The fraction of sp³-hybridized carbons (Fsp3) is 0.125. The molecule has 1 aromatic heterocycles. The fourth-order valence-corrected chi connectivity index (χ4v) is 5.61. The zero-order valence-electron chi connectivity index (χ0n) is 18.9. The summed E-state index contributed by atoms with van der Waals surface area (Å²) in [5, 5.41) is 1.36. The van der Waals surface area contributed by atoms with Gasteiger partial charge in [0, 0.05) is 28.1 Å². The molecule has 2 heteroatoms. The molecule has 2 heterocycles. The first-order valence-electron chi connectivity index (χ1n) is 12.0. The summed E-state index contributed by atoms with van der Waals surface area (Å²) in [5.41, 5.74) is 8.84. The van der Waals surface area contributed by atoms with Gasteiger partial charge in [-0.3, -0.25) is 0 Å². The van der Waals surface area contributed by atoms with E-state index in [0.29, 0.717) is 0 Å². The van der Waals surface area contributed by atoms with Gasteiger partial charge in [0.2, 0.25) is 0 Å². The van der Waals surface area contributed by atoms with Crippen LogP contribution in [0.1, 0.15) is 29.2 Å². The normalized spacial score (nSPS) is 21.6. The van der Waals surface area contributed by atoms with E-state index in [9.17, 15) is 0 Å². The predicted molar refractivity (Wildman–Crippen MR) is 142 cm³/mol. The Bertz CT molecular complexity index is 1580. The number of allylic oxidation sites excluding steroid dienone is 4. The van der Waals surface area contributed by atoms with Gasteiger partial charge in [0.05, 0.1) is 11.4 Å². The van der Waals surface area contributed by atoms with Gasteiger partial charge in [0.15, 0.2) is 0 Å². The fourth-order valence-electron chi connectivity index (χ4n) is 5.61. The third kappa shape index (κ3) is 2.91. The van der Waals surface area contributed by atoms with Crippen molar-refractivity contribution in [2.45, 2.75) is 24.8 Å². The van der Waals surface area contributed by atoms with Crippen LogP contribution in [0.15, 0.2) is 103 Å². The average molecular weight is 437 g/mol. The molecule has 0 fully saturated rings. The summed E-state index contributed by atoms with van der Waals surface area (Å²) in [6.07, 6.45) is 15.5. The van der Waals surface area contributed by atoms with E-state index in [4.69, 9.17) is 0 Å². The molecule has 2 unspecified atom stereocenters. The minimum Gasteiger partial charge on any atom is -0.323 e. The van der Waals surface area contributed by atoms with Gasteiger partial charge in [-0.2, -0.15) is 0 Å². The number of fused-ring (bicyclic) bond motifs is 7. The Morgan fingerprint density at radius 2 is 1.65 bits per heavy atom. The van der Waals surface area contributed by atoms with Crippen molar-refractivity contribution in [2.75, 3.05) is 4.90 Å². The largest absolute Gasteiger partial charge is 0.323 e. The number of aryl methyl sites for hydroxylation is 1. The second kappa shape index (κ2) is 7.68. The van der Waals surface area contributed by atoms with Gasteiger partial charge >= 0.3 is 0 Å². The van der Waals surface area contributed by atoms with E-state index < -0.39 is 0 Å². The number of benzene rings is 3. The smallest absolute Gasteiger partial charge is 0.114 e. The average Bonchev–Trinajstić information content (AvgIpc) is 3.15. The lowest BCUT2D eigenvalue weighted by Crippen LogP contribution is -2.28. The number of nitrogens with zero attached hydrogens (tertiary/aromatic N) is 2. The number of hydrogen-bond acceptors (Lipinski definition) is 1. The second-order valence-electron chi connectivity index (χ2n) is 9.09. The van der Waals surface area contributed by atoms with Crippen molar-refractivity contribution in [1.82, 2.24) is 4.57 Å². The van der Waals surface area contributed by atoms with Crippen LogP contribution in [0.4, 0.5) is 11.4 Å². The molecule has 1 aliphatic heterocycles. The maximum atomic E-state index is 3.53. The molecule has 0 spiro atoms. The number of aromatic nitrogens is 1. The lowest BCUT2D eigenvalue weighted by Gasteiger charge is -2.30. The molecule has 3 aliphatic rings. The van der Waals surface area contributed by atoms with Crippen LogP contribution in [-0.2, 0) is 6.42 Å². The van der Waals surface area contributed by atoms with Gasteiger partial charge in [-0.05, 0) is 66.5 Å². The number of rotatable bonds is 2. The highest BCUT2D eigenvalue weighted by Gasteiger charge is 2.26. The van der Waals surface area contributed by atoms with E-state index >= 15 is 0 Å². The monoisotopic (exact) mass is 436 g/mol. The number of para-hydroxylation sites is 2. The Kier molecular flexibility index (Phi) is 4.35. The molecular weight excluding hydrogens is 412 g/mol. The first-order chi connectivity index (χ1) is 16.9. The van der Waals surface area contributed by atoms with E-state index in [0.717, 1.165) is 18.5 Å². The van der Waals surface area contributed by atoms with Gasteiger partial charge in [-0.25, -0.2) is 0 Å². The first kappa shape index (κ1) is 19.3. The standard InChI is InChI=1S/C32H24N2/c1-2-11-24-21-20-23(10-1)27-14-3-6-17-30(27)33(24)25-12-9-13-26(22-25)34-31-18-7-4-15-28(31)29-16-5-8-19-32(29)34/h1-4,6-15,17-19,22-24H,5,16H2/b10-1-,11-2-. The van der Waals surface area contributed by atoms with Crippen LogP contribution < -0.4 is 4.90 Å². The van der Waals surface area contributed by atoms with Crippen molar-refractivity contribution < 1.29 is 0 Å². The van der Waals surface area contributed by atoms with Crippen molar-refractivity contribution >= 4 is 28.4 Å². The number of anilines is 2. The summed E-state index contributed by atoms with van der Waals surface area (Å²) in [6, 6.07) is 26.4. The Labute approximate surface area is 200 Å². The molecule has 2 nitrogen and oxygen atoms in total. The zero-order valence-corrected chi connectivity index (χ0v) is 18.9. The second-order valence-corrected chi connectivity index (χ2v) is 9.09. The van der Waals surface area contributed by atoms with Crippen molar-refractivity contribution in [3.05, 3.63) is 120 Å². The lowest BCUT2D eigenvalue weighted by atomic mass is 9.97. The molecule has 162 valence electrons. The summed E-state index contributed by atoms with van der Waals surface area (Å²) >= 11 is 0. The molecule has 4 aromatic rings. The highest BCUT2D eigenvalue weighted by molar-refractivity contribution is 5.91. The highest BCUT2D eigenvalue weighted by Crippen LogP contribution is 2.40. The quantitative estimate of drug-likeness (QED) is 0.299. The van der Waals surface area contributed by atoms with Crippen molar-refractivity contribution in [3.8, 4) is 17.5 Å². The Morgan fingerprint density at radius 1 is 0.794 bits per heavy atom. The number of hydrogen-bond donors (Lipinski definition) is 0. The molecule has 2 aliphatic carbocycles. The van der Waals surface area contributed by atoms with Crippen LogP contribution in [0.5, 0.6) is 0 Å². The van der Waals surface area contributed by atoms with Gasteiger partial charge < -0.3 is 9.47 Å². The van der Waals surface area contributed by atoms with Crippen LogP contribution in [-0.4, -0.2) is 10.6 Å². The maximum absolute atomic E-state index is 3.53. The van der Waals surface area contributed by atoms with Crippen LogP contribution in [0.3, 0.4) is 0 Å². The minimum atomic E-state index is -0.0124. The SMILES string of the molecule is C1#CC2/C=C\C=C/C1c1ccccc1N2c1cccc(-n2c3c(c4ccccc42)CCC=C3)c1. The molecule has 0 saturated heterocycles. The van der Waals surface area contributed by atoms with Gasteiger partial charge in [0.1, 0.15) is 6.04 Å². The molecule has 0 radical (unpaired) electrons. The van der Waals surface area contributed by atoms with Gasteiger partial charge in [0.25, 0.3) is 0 Å². The van der Waals surface area contributed by atoms with Crippen LogP contribution >= 0.6 is 0 Å². The lowest BCUT2D eigenvalue weighted by molar-refractivity contribution is 0.955. The van der Waals surface area contributed by atoms with E-state index in [1.807, 2.05) is 0 Å². The highest BCUT2D eigenvalue weighted by atomic mass is 15.2. The van der Waals surface area contributed by atoms with E-state index in [2.05, 4.69) is 131 Å². The van der Waals surface area contributed by atoms with Crippen molar-refractivity contribution in [2.24, 2.45) is 0 Å². The third-order valence-electron chi connectivity index (χ3n) is 7.13. The predicted octanol–water partition coefficient (Wildman–Crippen LogP) is 7.32. The third-order valence-corrected chi connectivity index (χ3v) is 7.13. The molecule has 2 atom stereocenters. The molecule has 2 bridgehead atoms. The topological polar surface area (TPSA) is 8.17 Å². The summed E-state index contributed by atoms with van der Waals surface area (Å²) < 4.78 is 2.42. The molecular formula is C32H24N2. The summed E-state index contributed by atoms with van der Waals surface area (Å²) in [6.45, 7) is 0. The van der Waals surface area contributed by atoms with Crippen molar-refractivity contribution in [1.29, 1.82) is 0 Å². The summed E-state index contributed by atoms with van der Waals surface area (Å²) in [5.74, 6) is 7.15. The summed E-state index contributed by atoms with van der Waals surface area (Å²) in [4.78, 5) is 2.39. The van der Waals surface area contributed by atoms with Gasteiger partial charge in [-0.1, -0.05) is 78.6 Å². The van der Waals surface area contributed by atoms with Crippen LogP contribution in [0, 0.1) is 11.8 Å². The Balaban J connectivity index is 1.44. The minimum absolute atomic E-state index is 0.0124. The van der Waals surface area contributed by atoms with Crippen molar-refractivity contribution in [3.63, 3.8) is 0 Å². The van der Waals surface area contributed by atoms with Crippen LogP contribution in [0.2, 0.25) is 0 Å². The molecule has 7 rings (SSSR count). The Hall–Kier alpha value is -4.22. The van der Waals surface area contributed by atoms with E-state index in [-0.39, 0.29) is 12.0 Å². The Morgan fingerprint density at radius 3 is 2.65 bits per heavy atom. The molecule has 3 aromatic carbocycles.